The van der Waals surface area contributed by atoms with Gasteiger partial charge in [0.2, 0.25) is 0 Å². The summed E-state index contributed by atoms with van der Waals surface area (Å²) in [7, 11) is 0. The quantitative estimate of drug-likeness (QED) is 0.105. The minimum Gasteiger partial charge on any atom is -0.379 e. The van der Waals surface area contributed by atoms with Crippen molar-refractivity contribution in [3.8, 4) is 0 Å². The van der Waals surface area contributed by atoms with Gasteiger partial charge in [-0.1, -0.05) is 136 Å². The summed E-state index contributed by atoms with van der Waals surface area (Å²) < 4.78 is 16.9. The van der Waals surface area contributed by atoms with E-state index in [9.17, 15) is 0 Å². The van der Waals surface area contributed by atoms with Gasteiger partial charge < -0.3 is 14.2 Å². The molecule has 0 rings (SSSR count). The van der Waals surface area contributed by atoms with Gasteiger partial charge in [-0.2, -0.15) is 0 Å². The van der Waals surface area contributed by atoms with Gasteiger partial charge in [-0.25, -0.2) is 0 Å². The lowest BCUT2D eigenvalue weighted by atomic mass is 10.1. The molecule has 0 spiro atoms. The molecule has 0 aliphatic heterocycles. The minimum absolute atomic E-state index is 0.694. The van der Waals surface area contributed by atoms with Crippen LogP contribution in [0.1, 0.15) is 149 Å². The monoisotopic (exact) mass is 456 g/mol. The van der Waals surface area contributed by atoms with Crippen molar-refractivity contribution in [3.05, 3.63) is 0 Å². The zero-order chi connectivity index (χ0) is 23.2. The molecule has 0 bridgehead atoms. The van der Waals surface area contributed by atoms with Crippen molar-refractivity contribution in [1.29, 1.82) is 0 Å². The predicted molar refractivity (Wildman–Crippen MR) is 141 cm³/mol. The Morgan fingerprint density at radius 3 is 0.750 bits per heavy atom. The fourth-order valence-corrected chi connectivity index (χ4v) is 4.10. The molecule has 0 aliphatic carbocycles. The molecule has 3 nitrogen and oxygen atoms in total. The maximum Gasteiger partial charge on any atom is 0.0701 e. The van der Waals surface area contributed by atoms with Crippen molar-refractivity contribution in [2.45, 2.75) is 149 Å². The second-order valence-electron chi connectivity index (χ2n) is 9.55. The average molecular weight is 457 g/mol. The fraction of sp³-hybridized carbons (Fsp3) is 1.00. The van der Waals surface area contributed by atoms with Crippen LogP contribution in [-0.2, 0) is 14.2 Å². The van der Waals surface area contributed by atoms with Gasteiger partial charge in [0, 0.05) is 13.2 Å². The highest BCUT2D eigenvalue weighted by atomic mass is 16.5. The molecule has 0 radical (unpaired) electrons. The standard InChI is InChI=1S/C29H60O3/c1-3-5-7-9-11-13-15-17-19-21-23-25-31-27-29-32-28-26-30-24-22-20-18-16-14-12-10-8-6-4-2/h3-29H2,1-2H3. The summed E-state index contributed by atoms with van der Waals surface area (Å²) in [6, 6.07) is 0. The maximum absolute atomic E-state index is 5.67. The summed E-state index contributed by atoms with van der Waals surface area (Å²) in [5.74, 6) is 0. The average Bonchev–Trinajstić information content (AvgIpc) is 2.81. The molecule has 0 amide bonds. The largest absolute Gasteiger partial charge is 0.379 e. The smallest absolute Gasteiger partial charge is 0.0701 e. The first kappa shape index (κ1) is 31.9. The van der Waals surface area contributed by atoms with E-state index in [4.69, 9.17) is 14.2 Å². The Kier molecular flexibility index (Phi) is 30.8. The van der Waals surface area contributed by atoms with E-state index in [1.807, 2.05) is 0 Å². The molecule has 3 heteroatoms. The molecular formula is C29H60O3. The van der Waals surface area contributed by atoms with Gasteiger partial charge in [0.05, 0.1) is 26.4 Å². The van der Waals surface area contributed by atoms with Crippen LogP contribution in [0.3, 0.4) is 0 Å². The van der Waals surface area contributed by atoms with Gasteiger partial charge in [0.15, 0.2) is 0 Å². The van der Waals surface area contributed by atoms with Crippen LogP contribution in [0.4, 0.5) is 0 Å². The van der Waals surface area contributed by atoms with Gasteiger partial charge in [-0.3, -0.25) is 0 Å². The van der Waals surface area contributed by atoms with Gasteiger partial charge in [-0.15, -0.1) is 0 Å². The van der Waals surface area contributed by atoms with E-state index < -0.39 is 0 Å². The Morgan fingerprint density at radius 1 is 0.250 bits per heavy atom. The van der Waals surface area contributed by atoms with Crippen LogP contribution in [0.2, 0.25) is 0 Å². The summed E-state index contributed by atoms with van der Waals surface area (Å²) in [6.07, 6.45) is 28.9. The first-order chi connectivity index (χ1) is 15.9. The molecule has 194 valence electrons. The predicted octanol–water partition coefficient (Wildman–Crippen LogP) is 9.27. The van der Waals surface area contributed by atoms with E-state index in [0.717, 1.165) is 26.4 Å². The molecule has 0 N–H and O–H groups in total. The number of hydrogen-bond acceptors (Lipinski definition) is 3. The molecule has 0 aromatic heterocycles. The van der Waals surface area contributed by atoms with E-state index in [2.05, 4.69) is 13.8 Å². The Bertz CT molecular complexity index is 279. The number of ether oxygens (including phenoxy) is 3. The van der Waals surface area contributed by atoms with E-state index in [-0.39, 0.29) is 0 Å². The highest BCUT2D eigenvalue weighted by Crippen LogP contribution is 2.12. The Morgan fingerprint density at radius 2 is 0.469 bits per heavy atom. The normalized spacial score (nSPS) is 11.4. The van der Waals surface area contributed by atoms with Gasteiger partial charge >= 0.3 is 0 Å². The number of unbranched alkanes of at least 4 members (excludes halogenated alkanes) is 19. The van der Waals surface area contributed by atoms with E-state index in [0.29, 0.717) is 13.2 Å². The van der Waals surface area contributed by atoms with Crippen LogP contribution in [0, 0.1) is 0 Å². The van der Waals surface area contributed by atoms with Crippen molar-refractivity contribution < 1.29 is 14.2 Å². The van der Waals surface area contributed by atoms with Gasteiger partial charge in [0.25, 0.3) is 0 Å². The highest BCUT2D eigenvalue weighted by molar-refractivity contribution is 4.49. The summed E-state index contributed by atoms with van der Waals surface area (Å²) in [5, 5.41) is 0. The third-order valence-electron chi connectivity index (χ3n) is 6.28. The van der Waals surface area contributed by atoms with Crippen LogP contribution in [-0.4, -0.2) is 39.6 Å². The molecule has 0 unspecified atom stereocenters. The topological polar surface area (TPSA) is 27.7 Å². The summed E-state index contributed by atoms with van der Waals surface area (Å²) in [6.45, 7) is 9.16. The summed E-state index contributed by atoms with van der Waals surface area (Å²) in [5.41, 5.74) is 0. The van der Waals surface area contributed by atoms with Crippen LogP contribution in [0.25, 0.3) is 0 Å². The van der Waals surface area contributed by atoms with Gasteiger partial charge in [0.1, 0.15) is 0 Å². The first-order valence-corrected chi connectivity index (χ1v) is 14.6. The van der Waals surface area contributed by atoms with Crippen molar-refractivity contribution in [1.82, 2.24) is 0 Å². The Labute approximate surface area is 202 Å². The minimum atomic E-state index is 0.694. The molecule has 0 aliphatic rings. The first-order valence-electron chi connectivity index (χ1n) is 14.6. The Balaban J connectivity index is 2.98. The SMILES string of the molecule is CCCCCCCCCCCCCOCCOCCOCCCCCCCCCCCC. The van der Waals surface area contributed by atoms with Gasteiger partial charge in [-0.05, 0) is 12.8 Å². The highest BCUT2D eigenvalue weighted by Gasteiger charge is 1.96. The van der Waals surface area contributed by atoms with E-state index in [1.54, 1.807) is 0 Å². The molecule has 0 fully saturated rings. The van der Waals surface area contributed by atoms with E-state index in [1.165, 1.54) is 135 Å². The zero-order valence-electron chi connectivity index (χ0n) is 22.3. The molecule has 0 aromatic rings. The molecule has 0 saturated heterocycles. The summed E-state index contributed by atoms with van der Waals surface area (Å²) in [4.78, 5) is 0. The van der Waals surface area contributed by atoms with E-state index >= 15 is 0 Å². The third kappa shape index (κ3) is 29.9. The van der Waals surface area contributed by atoms with Crippen molar-refractivity contribution >= 4 is 0 Å². The molecule has 32 heavy (non-hydrogen) atoms. The lowest BCUT2D eigenvalue weighted by Gasteiger charge is -2.07. The molecule has 0 saturated carbocycles. The van der Waals surface area contributed by atoms with Crippen molar-refractivity contribution in [2.24, 2.45) is 0 Å². The fourth-order valence-electron chi connectivity index (χ4n) is 4.10. The second kappa shape index (κ2) is 30.9. The summed E-state index contributed by atoms with van der Waals surface area (Å²) >= 11 is 0. The molecule has 0 aromatic carbocycles. The number of rotatable bonds is 29. The zero-order valence-corrected chi connectivity index (χ0v) is 22.3. The maximum atomic E-state index is 5.67. The molecule has 0 atom stereocenters. The lowest BCUT2D eigenvalue weighted by molar-refractivity contribution is 0.0132. The second-order valence-corrected chi connectivity index (χ2v) is 9.55. The molecular weight excluding hydrogens is 396 g/mol. The van der Waals surface area contributed by atoms with Crippen LogP contribution in [0.15, 0.2) is 0 Å². The molecule has 0 heterocycles. The van der Waals surface area contributed by atoms with Crippen LogP contribution >= 0.6 is 0 Å². The van der Waals surface area contributed by atoms with Crippen molar-refractivity contribution in [3.63, 3.8) is 0 Å². The Hall–Kier alpha value is -0.120. The van der Waals surface area contributed by atoms with Crippen LogP contribution in [0.5, 0.6) is 0 Å². The third-order valence-corrected chi connectivity index (χ3v) is 6.28. The van der Waals surface area contributed by atoms with Crippen molar-refractivity contribution in [2.75, 3.05) is 39.6 Å². The van der Waals surface area contributed by atoms with Crippen LogP contribution < -0.4 is 0 Å². The lowest BCUT2D eigenvalue weighted by Crippen LogP contribution is -2.10. The number of hydrogen-bond donors (Lipinski definition) is 0.